The van der Waals surface area contributed by atoms with E-state index in [0.717, 1.165) is 31.6 Å². The Morgan fingerprint density at radius 3 is 2.63 bits per heavy atom. The minimum Gasteiger partial charge on any atom is -0.454 e. The van der Waals surface area contributed by atoms with Crippen LogP contribution in [0, 0.1) is 17.6 Å². The van der Waals surface area contributed by atoms with Gasteiger partial charge in [-0.3, -0.25) is 4.79 Å². The van der Waals surface area contributed by atoms with Crippen LogP contribution in [-0.4, -0.2) is 25.5 Å². The topological polar surface area (TPSA) is 50.4 Å². The number of hydrogen-bond donors (Lipinski definition) is 2. The SMILES string of the molecule is Cl.O=C(NCCC1CCCNC1)c1ccc(Oc2ccc(F)cc2F)cc1. The van der Waals surface area contributed by atoms with Gasteiger partial charge in [-0.1, -0.05) is 0 Å². The zero-order chi connectivity index (χ0) is 18.4. The number of amides is 1. The van der Waals surface area contributed by atoms with E-state index in [1.54, 1.807) is 24.3 Å². The molecule has 1 amide bonds. The van der Waals surface area contributed by atoms with E-state index in [2.05, 4.69) is 10.6 Å². The Bertz CT molecular complexity index is 750. The van der Waals surface area contributed by atoms with Gasteiger partial charge in [-0.05, 0) is 74.7 Å². The Morgan fingerprint density at radius 1 is 1.19 bits per heavy atom. The number of carbonyl (C=O) groups excluding carboxylic acids is 1. The van der Waals surface area contributed by atoms with Crippen molar-refractivity contribution in [2.45, 2.75) is 19.3 Å². The van der Waals surface area contributed by atoms with Crippen molar-refractivity contribution in [1.29, 1.82) is 0 Å². The largest absolute Gasteiger partial charge is 0.454 e. The third-order valence-corrected chi connectivity index (χ3v) is 4.48. The van der Waals surface area contributed by atoms with Crippen LogP contribution in [0.25, 0.3) is 0 Å². The summed E-state index contributed by atoms with van der Waals surface area (Å²) in [6, 6.07) is 9.53. The molecule has 7 heteroatoms. The fraction of sp³-hybridized carbons (Fsp3) is 0.350. The average Bonchev–Trinajstić information content (AvgIpc) is 2.65. The maximum atomic E-state index is 13.6. The Hall–Kier alpha value is -2.18. The Labute approximate surface area is 163 Å². The Kier molecular flexibility index (Phi) is 8.00. The normalized spacial score (nSPS) is 16.3. The molecule has 27 heavy (non-hydrogen) atoms. The average molecular weight is 397 g/mol. The van der Waals surface area contributed by atoms with Gasteiger partial charge in [0.15, 0.2) is 11.6 Å². The van der Waals surface area contributed by atoms with Crippen molar-refractivity contribution in [2.24, 2.45) is 5.92 Å². The maximum Gasteiger partial charge on any atom is 0.251 e. The van der Waals surface area contributed by atoms with Crippen molar-refractivity contribution in [3.05, 3.63) is 59.7 Å². The van der Waals surface area contributed by atoms with Gasteiger partial charge >= 0.3 is 0 Å². The second-order valence-electron chi connectivity index (χ2n) is 6.46. The van der Waals surface area contributed by atoms with Crippen LogP contribution < -0.4 is 15.4 Å². The zero-order valence-corrected chi connectivity index (χ0v) is 15.7. The van der Waals surface area contributed by atoms with E-state index in [0.29, 0.717) is 23.8 Å². The smallest absolute Gasteiger partial charge is 0.251 e. The highest BCUT2D eigenvalue weighted by Crippen LogP contribution is 2.25. The van der Waals surface area contributed by atoms with Crippen LogP contribution in [0.5, 0.6) is 11.5 Å². The molecule has 1 aliphatic heterocycles. The van der Waals surface area contributed by atoms with Gasteiger partial charge in [-0.25, -0.2) is 8.78 Å². The minimum absolute atomic E-state index is 0. The van der Waals surface area contributed by atoms with Crippen LogP contribution in [0.2, 0.25) is 0 Å². The molecule has 3 rings (SSSR count). The van der Waals surface area contributed by atoms with Gasteiger partial charge in [-0.2, -0.15) is 0 Å². The summed E-state index contributed by atoms with van der Waals surface area (Å²) in [5.74, 6) is -0.654. The Balaban J connectivity index is 0.00000261. The first-order chi connectivity index (χ1) is 12.6. The summed E-state index contributed by atoms with van der Waals surface area (Å²) in [6.07, 6.45) is 3.35. The van der Waals surface area contributed by atoms with E-state index in [-0.39, 0.29) is 24.1 Å². The number of hydrogen-bond acceptors (Lipinski definition) is 3. The predicted molar refractivity (Wildman–Crippen MR) is 103 cm³/mol. The van der Waals surface area contributed by atoms with E-state index >= 15 is 0 Å². The second-order valence-corrected chi connectivity index (χ2v) is 6.46. The molecule has 0 bridgehead atoms. The number of halogens is 3. The lowest BCUT2D eigenvalue weighted by Crippen LogP contribution is -2.33. The van der Waals surface area contributed by atoms with E-state index < -0.39 is 11.6 Å². The van der Waals surface area contributed by atoms with Gasteiger partial charge in [0.1, 0.15) is 11.6 Å². The summed E-state index contributed by atoms with van der Waals surface area (Å²) in [6.45, 7) is 2.74. The van der Waals surface area contributed by atoms with Crippen LogP contribution >= 0.6 is 12.4 Å². The molecule has 0 spiro atoms. The first-order valence-corrected chi connectivity index (χ1v) is 8.84. The third kappa shape index (κ3) is 6.19. The van der Waals surface area contributed by atoms with Crippen LogP contribution in [0.15, 0.2) is 42.5 Å². The summed E-state index contributed by atoms with van der Waals surface area (Å²) in [5.41, 5.74) is 0.513. The van der Waals surface area contributed by atoms with Gasteiger partial charge in [-0.15, -0.1) is 12.4 Å². The molecule has 1 fully saturated rings. The highest BCUT2D eigenvalue weighted by Gasteiger charge is 2.13. The number of benzene rings is 2. The molecular weight excluding hydrogens is 374 g/mol. The maximum absolute atomic E-state index is 13.6. The summed E-state index contributed by atoms with van der Waals surface area (Å²) in [4.78, 5) is 12.2. The molecule has 0 radical (unpaired) electrons. The lowest BCUT2D eigenvalue weighted by atomic mass is 9.96. The van der Waals surface area contributed by atoms with E-state index in [1.807, 2.05) is 0 Å². The van der Waals surface area contributed by atoms with Gasteiger partial charge in [0.05, 0.1) is 0 Å². The number of nitrogens with one attached hydrogen (secondary N) is 2. The van der Waals surface area contributed by atoms with Crippen LogP contribution in [0.3, 0.4) is 0 Å². The predicted octanol–water partition coefficient (Wildman–Crippen LogP) is 4.30. The second kappa shape index (κ2) is 10.2. The fourth-order valence-corrected chi connectivity index (χ4v) is 3.02. The van der Waals surface area contributed by atoms with Gasteiger partial charge < -0.3 is 15.4 Å². The van der Waals surface area contributed by atoms with Crippen molar-refractivity contribution in [2.75, 3.05) is 19.6 Å². The van der Waals surface area contributed by atoms with Crippen molar-refractivity contribution in [3.63, 3.8) is 0 Å². The highest BCUT2D eigenvalue weighted by molar-refractivity contribution is 5.94. The van der Waals surface area contributed by atoms with E-state index in [4.69, 9.17) is 4.74 Å². The molecular formula is C20H23ClF2N2O2. The van der Waals surface area contributed by atoms with Gasteiger partial charge in [0.2, 0.25) is 0 Å². The minimum atomic E-state index is -0.774. The molecule has 2 aromatic rings. The molecule has 1 heterocycles. The summed E-state index contributed by atoms with van der Waals surface area (Å²) in [7, 11) is 0. The molecule has 2 N–H and O–H groups in total. The molecule has 0 aromatic heterocycles. The standard InChI is InChI=1S/C20H22F2N2O2.ClH/c21-16-5-8-19(18(22)12-16)26-17-6-3-15(4-7-17)20(25)24-11-9-14-2-1-10-23-13-14;/h3-8,12,14,23H,1-2,9-11,13H2,(H,24,25);1H. The lowest BCUT2D eigenvalue weighted by molar-refractivity contribution is 0.0950. The molecule has 1 aliphatic rings. The summed E-state index contributed by atoms with van der Waals surface area (Å²) < 4.78 is 31.9. The number of ether oxygens (including phenoxy) is 1. The van der Waals surface area contributed by atoms with Crippen molar-refractivity contribution in [3.8, 4) is 11.5 Å². The number of carbonyl (C=O) groups is 1. The monoisotopic (exact) mass is 396 g/mol. The summed E-state index contributed by atoms with van der Waals surface area (Å²) >= 11 is 0. The van der Waals surface area contributed by atoms with Crippen LogP contribution in [0.1, 0.15) is 29.6 Å². The van der Waals surface area contributed by atoms with Crippen LogP contribution in [0.4, 0.5) is 8.78 Å². The number of rotatable bonds is 6. The first-order valence-electron chi connectivity index (χ1n) is 8.84. The van der Waals surface area contributed by atoms with Gasteiger partial charge in [0, 0.05) is 18.2 Å². The van der Waals surface area contributed by atoms with E-state index in [1.165, 1.54) is 18.9 Å². The van der Waals surface area contributed by atoms with Gasteiger partial charge in [0.25, 0.3) is 5.91 Å². The molecule has 146 valence electrons. The highest BCUT2D eigenvalue weighted by atomic mass is 35.5. The fourth-order valence-electron chi connectivity index (χ4n) is 3.02. The van der Waals surface area contributed by atoms with Crippen molar-refractivity contribution >= 4 is 18.3 Å². The Morgan fingerprint density at radius 2 is 1.96 bits per heavy atom. The molecule has 1 unspecified atom stereocenters. The molecule has 4 nitrogen and oxygen atoms in total. The van der Waals surface area contributed by atoms with Crippen LogP contribution in [-0.2, 0) is 0 Å². The lowest BCUT2D eigenvalue weighted by Gasteiger charge is -2.22. The summed E-state index contributed by atoms with van der Waals surface area (Å²) in [5, 5.41) is 6.29. The van der Waals surface area contributed by atoms with Crippen molar-refractivity contribution in [1.82, 2.24) is 10.6 Å². The molecule has 2 aromatic carbocycles. The molecule has 1 atom stereocenters. The van der Waals surface area contributed by atoms with E-state index in [9.17, 15) is 13.6 Å². The zero-order valence-electron chi connectivity index (χ0n) is 14.8. The number of piperidine rings is 1. The van der Waals surface area contributed by atoms with Crippen molar-refractivity contribution < 1.29 is 18.3 Å². The molecule has 0 aliphatic carbocycles. The quantitative estimate of drug-likeness (QED) is 0.765. The molecule has 0 saturated carbocycles. The third-order valence-electron chi connectivity index (χ3n) is 4.48. The first kappa shape index (κ1) is 21.1. The molecule has 1 saturated heterocycles.